The molecule has 112 valence electrons. The molecule has 0 aromatic carbocycles. The molecule has 7 heteroatoms. The second kappa shape index (κ2) is 6.99. The van der Waals surface area contributed by atoms with E-state index < -0.39 is 0 Å². The van der Waals surface area contributed by atoms with Gasteiger partial charge in [-0.3, -0.25) is 4.90 Å². The maximum atomic E-state index is 12.2. The highest BCUT2D eigenvalue weighted by atomic mass is 32.1. The summed E-state index contributed by atoms with van der Waals surface area (Å²) in [6, 6.07) is 0.151. The summed E-state index contributed by atoms with van der Waals surface area (Å²) < 4.78 is 0. The molecule has 20 heavy (non-hydrogen) atoms. The largest absolute Gasteiger partial charge is 0.328 e. The Morgan fingerprint density at radius 3 is 2.55 bits per heavy atom. The summed E-state index contributed by atoms with van der Waals surface area (Å²) in [5, 5.41) is 10.3. The fraction of sp³-hybridized carbons (Fsp3) is 0.769. The van der Waals surface area contributed by atoms with Gasteiger partial charge < -0.3 is 9.80 Å². The maximum absolute atomic E-state index is 12.2. The lowest BCUT2D eigenvalue weighted by molar-refractivity contribution is 0.115. The summed E-state index contributed by atoms with van der Waals surface area (Å²) in [4.78, 5) is 18.3. The number of carbonyl (C=O) groups excluding carboxylic acids is 1. The van der Waals surface area contributed by atoms with Crippen LogP contribution in [0.2, 0.25) is 0 Å². The summed E-state index contributed by atoms with van der Waals surface area (Å²) in [5.74, 6) is 0. The molecule has 0 saturated carbocycles. The molecule has 0 spiro atoms. The predicted molar refractivity (Wildman–Crippen MR) is 79.8 cm³/mol. The van der Waals surface area contributed by atoms with Crippen molar-refractivity contribution in [3.8, 4) is 0 Å². The Morgan fingerprint density at radius 1 is 1.30 bits per heavy atom. The summed E-state index contributed by atoms with van der Waals surface area (Å²) in [7, 11) is 1.88. The van der Waals surface area contributed by atoms with E-state index in [9.17, 15) is 4.79 Å². The highest BCUT2D eigenvalue weighted by Gasteiger charge is 2.23. The first-order valence-corrected chi connectivity index (χ1v) is 7.93. The lowest BCUT2D eigenvalue weighted by Crippen LogP contribution is -2.51. The molecule has 2 rings (SSSR count). The zero-order valence-corrected chi connectivity index (χ0v) is 13.3. The lowest BCUT2D eigenvalue weighted by atomic mass is 10.3. The number of carbonyl (C=O) groups is 1. The average Bonchev–Trinajstić information content (AvgIpc) is 2.84. The third-order valence-corrected chi connectivity index (χ3v) is 4.28. The average molecular weight is 297 g/mol. The van der Waals surface area contributed by atoms with E-state index in [4.69, 9.17) is 0 Å². The van der Waals surface area contributed by atoms with Gasteiger partial charge in [-0.25, -0.2) is 4.79 Å². The quantitative estimate of drug-likeness (QED) is 0.843. The normalized spacial score (nSPS) is 16.4. The SMILES string of the molecule is CCCN(C)C(=O)N1CCN(Cc2nnc(C)s2)CC1. The summed E-state index contributed by atoms with van der Waals surface area (Å²) in [5.41, 5.74) is 0. The maximum Gasteiger partial charge on any atom is 0.319 e. The van der Waals surface area contributed by atoms with E-state index in [-0.39, 0.29) is 6.03 Å². The molecule has 0 radical (unpaired) electrons. The Morgan fingerprint density at radius 2 is 2.00 bits per heavy atom. The second-order valence-corrected chi connectivity index (χ2v) is 6.45. The van der Waals surface area contributed by atoms with Crippen LogP contribution >= 0.6 is 11.3 Å². The van der Waals surface area contributed by atoms with Gasteiger partial charge in [-0.2, -0.15) is 0 Å². The lowest BCUT2D eigenvalue weighted by Gasteiger charge is -2.36. The number of nitrogens with zero attached hydrogens (tertiary/aromatic N) is 5. The third-order valence-electron chi connectivity index (χ3n) is 3.46. The van der Waals surface area contributed by atoms with Crippen LogP contribution in [0.15, 0.2) is 0 Å². The summed E-state index contributed by atoms with van der Waals surface area (Å²) in [6.45, 7) is 9.14. The first-order valence-electron chi connectivity index (χ1n) is 7.11. The van der Waals surface area contributed by atoms with Crippen molar-refractivity contribution in [3.63, 3.8) is 0 Å². The van der Waals surface area contributed by atoms with Gasteiger partial charge >= 0.3 is 6.03 Å². The second-order valence-electron chi connectivity index (χ2n) is 5.18. The molecular weight excluding hydrogens is 274 g/mol. The van der Waals surface area contributed by atoms with E-state index in [2.05, 4.69) is 22.0 Å². The Labute approximate surface area is 124 Å². The molecule has 0 N–H and O–H groups in total. The smallest absolute Gasteiger partial charge is 0.319 e. The molecule has 1 fully saturated rings. The topological polar surface area (TPSA) is 52.6 Å². The number of urea groups is 1. The fourth-order valence-corrected chi connectivity index (χ4v) is 3.11. The first kappa shape index (κ1) is 15.2. The number of piperazine rings is 1. The third kappa shape index (κ3) is 3.89. The highest BCUT2D eigenvalue weighted by molar-refractivity contribution is 7.11. The molecule has 0 atom stereocenters. The van der Waals surface area contributed by atoms with Gasteiger partial charge in [-0.15, -0.1) is 21.5 Å². The number of aryl methyl sites for hydroxylation is 1. The van der Waals surface area contributed by atoms with E-state index in [0.717, 1.165) is 55.7 Å². The van der Waals surface area contributed by atoms with Gasteiger partial charge in [0.25, 0.3) is 0 Å². The molecule has 0 unspecified atom stereocenters. The molecule has 0 aliphatic carbocycles. The van der Waals surface area contributed by atoms with Gasteiger partial charge in [-0.05, 0) is 13.3 Å². The number of amides is 2. The zero-order chi connectivity index (χ0) is 14.5. The monoisotopic (exact) mass is 297 g/mol. The van der Waals surface area contributed by atoms with Crippen molar-refractivity contribution in [2.24, 2.45) is 0 Å². The van der Waals surface area contributed by atoms with Crippen molar-refractivity contribution in [1.29, 1.82) is 0 Å². The molecule has 1 aromatic heterocycles. The van der Waals surface area contributed by atoms with Gasteiger partial charge in [-0.1, -0.05) is 6.92 Å². The molecule has 1 aliphatic heterocycles. The van der Waals surface area contributed by atoms with Crippen LogP contribution in [0, 0.1) is 6.92 Å². The number of hydrogen-bond acceptors (Lipinski definition) is 5. The van der Waals surface area contributed by atoms with Crippen molar-refractivity contribution >= 4 is 17.4 Å². The van der Waals surface area contributed by atoms with Gasteiger partial charge in [0.15, 0.2) is 0 Å². The molecule has 6 nitrogen and oxygen atoms in total. The Balaban J connectivity index is 1.78. The Bertz CT molecular complexity index is 442. The van der Waals surface area contributed by atoms with Crippen LogP contribution in [-0.2, 0) is 6.54 Å². The van der Waals surface area contributed by atoms with E-state index in [1.165, 1.54) is 0 Å². The van der Waals surface area contributed by atoms with E-state index in [1.807, 2.05) is 23.8 Å². The van der Waals surface area contributed by atoms with Crippen LogP contribution in [0.1, 0.15) is 23.4 Å². The van der Waals surface area contributed by atoms with Gasteiger partial charge in [0.1, 0.15) is 10.0 Å². The van der Waals surface area contributed by atoms with Gasteiger partial charge in [0.2, 0.25) is 0 Å². The van der Waals surface area contributed by atoms with Crippen LogP contribution in [0.5, 0.6) is 0 Å². The van der Waals surface area contributed by atoms with E-state index in [1.54, 1.807) is 11.3 Å². The highest BCUT2D eigenvalue weighted by Crippen LogP contribution is 2.13. The van der Waals surface area contributed by atoms with E-state index >= 15 is 0 Å². The molecule has 2 heterocycles. The first-order chi connectivity index (χ1) is 9.60. The molecule has 1 aliphatic rings. The molecular formula is C13H23N5OS. The van der Waals surface area contributed by atoms with Crippen LogP contribution in [0.4, 0.5) is 4.79 Å². The standard InChI is InChI=1S/C13H23N5OS/c1-4-5-16(3)13(19)18-8-6-17(7-9-18)10-12-15-14-11(2)20-12/h4-10H2,1-3H3. The number of rotatable bonds is 4. The minimum atomic E-state index is 0.151. The fourth-order valence-electron chi connectivity index (χ4n) is 2.36. The van der Waals surface area contributed by atoms with Crippen LogP contribution < -0.4 is 0 Å². The van der Waals surface area contributed by atoms with Crippen molar-refractivity contribution in [2.75, 3.05) is 39.8 Å². The van der Waals surface area contributed by atoms with E-state index in [0.29, 0.717) is 0 Å². The van der Waals surface area contributed by atoms with Crippen molar-refractivity contribution in [2.45, 2.75) is 26.8 Å². The van der Waals surface area contributed by atoms with Crippen LogP contribution in [0.3, 0.4) is 0 Å². The van der Waals surface area contributed by atoms with Crippen LogP contribution in [0.25, 0.3) is 0 Å². The molecule has 1 aromatic rings. The van der Waals surface area contributed by atoms with Gasteiger partial charge in [0, 0.05) is 39.8 Å². The van der Waals surface area contributed by atoms with Crippen LogP contribution in [-0.4, -0.2) is 70.7 Å². The Hall–Kier alpha value is -1.21. The predicted octanol–water partition coefficient (Wildman–Crippen LogP) is 1.43. The van der Waals surface area contributed by atoms with Gasteiger partial charge in [0.05, 0.1) is 6.54 Å². The number of aromatic nitrogens is 2. The minimum Gasteiger partial charge on any atom is -0.328 e. The summed E-state index contributed by atoms with van der Waals surface area (Å²) >= 11 is 1.65. The van der Waals surface area contributed by atoms with Crippen molar-refractivity contribution in [3.05, 3.63) is 10.0 Å². The molecule has 1 saturated heterocycles. The minimum absolute atomic E-state index is 0.151. The number of hydrogen-bond donors (Lipinski definition) is 0. The van der Waals surface area contributed by atoms with Crippen molar-refractivity contribution < 1.29 is 4.79 Å². The zero-order valence-electron chi connectivity index (χ0n) is 12.5. The molecule has 2 amide bonds. The summed E-state index contributed by atoms with van der Waals surface area (Å²) in [6.07, 6.45) is 0.999. The molecule has 0 bridgehead atoms. The van der Waals surface area contributed by atoms with Crippen molar-refractivity contribution in [1.82, 2.24) is 24.9 Å². The Kier molecular flexibility index (Phi) is 5.31.